The lowest BCUT2D eigenvalue weighted by molar-refractivity contribution is -0.132. The minimum atomic E-state index is -1.72. The van der Waals surface area contributed by atoms with Crippen molar-refractivity contribution in [3.05, 3.63) is 29.3 Å². The van der Waals surface area contributed by atoms with E-state index in [1.807, 2.05) is 32.0 Å². The predicted molar refractivity (Wildman–Crippen MR) is 109 cm³/mol. The van der Waals surface area contributed by atoms with E-state index in [1.165, 1.54) is 0 Å². The highest BCUT2D eigenvalue weighted by molar-refractivity contribution is 6.43. The molecule has 2 amide bonds. The molecule has 2 rings (SSSR count). The number of aliphatic hydroxyl groups excluding tert-OH is 1. The normalized spacial score (nSPS) is 17.8. The zero-order valence-corrected chi connectivity index (χ0v) is 17.2. The van der Waals surface area contributed by atoms with Crippen LogP contribution < -0.4 is 15.4 Å². The summed E-state index contributed by atoms with van der Waals surface area (Å²) in [6.07, 6.45) is 2.28. The molecule has 1 aliphatic rings. The summed E-state index contributed by atoms with van der Waals surface area (Å²) in [7, 11) is -0.106. The van der Waals surface area contributed by atoms with E-state index < -0.39 is 31.6 Å². The van der Waals surface area contributed by atoms with Gasteiger partial charge in [0.2, 0.25) is 11.8 Å². The Morgan fingerprint density at radius 3 is 2.55 bits per heavy atom. The highest BCUT2D eigenvalue weighted by Crippen LogP contribution is 2.28. The van der Waals surface area contributed by atoms with Crippen molar-refractivity contribution in [2.75, 3.05) is 13.7 Å². The third-order valence-corrected chi connectivity index (χ3v) is 5.24. The van der Waals surface area contributed by atoms with Gasteiger partial charge in [-0.25, -0.2) is 0 Å². The molecule has 0 bridgehead atoms. The van der Waals surface area contributed by atoms with Crippen LogP contribution in [0, 0.1) is 11.8 Å². The van der Waals surface area contributed by atoms with Crippen molar-refractivity contribution >= 4 is 18.9 Å². The van der Waals surface area contributed by atoms with E-state index in [9.17, 15) is 24.7 Å². The Bertz CT molecular complexity index is 712. The van der Waals surface area contributed by atoms with Gasteiger partial charge in [0.05, 0.1) is 19.7 Å². The molecule has 3 atom stereocenters. The van der Waals surface area contributed by atoms with Crippen LogP contribution in [0.15, 0.2) is 18.2 Å². The molecule has 1 aromatic rings. The zero-order chi connectivity index (χ0) is 21.6. The molecule has 0 saturated carbocycles. The van der Waals surface area contributed by atoms with Crippen molar-refractivity contribution in [2.45, 2.75) is 51.5 Å². The summed E-state index contributed by atoms with van der Waals surface area (Å²) in [6, 6.07) is 4.64. The molecule has 160 valence electrons. The van der Waals surface area contributed by atoms with Crippen molar-refractivity contribution in [3.63, 3.8) is 0 Å². The van der Waals surface area contributed by atoms with Crippen molar-refractivity contribution in [3.8, 4) is 5.75 Å². The van der Waals surface area contributed by atoms with Crippen molar-refractivity contribution in [2.24, 2.45) is 11.8 Å². The smallest absolute Gasteiger partial charge is 0.475 e. The molecule has 0 aliphatic heterocycles. The monoisotopic (exact) mass is 406 g/mol. The third kappa shape index (κ3) is 6.45. The summed E-state index contributed by atoms with van der Waals surface area (Å²) in [4.78, 5) is 25.1. The molecule has 0 saturated heterocycles. The van der Waals surface area contributed by atoms with E-state index in [0.717, 1.165) is 23.3 Å². The Kier molecular flexibility index (Phi) is 8.49. The summed E-state index contributed by atoms with van der Waals surface area (Å²) in [5.41, 5.74) is 2.22. The molecule has 0 spiro atoms. The number of hydrogen-bond acceptors (Lipinski definition) is 6. The van der Waals surface area contributed by atoms with Crippen LogP contribution in [-0.4, -0.2) is 59.8 Å². The number of carbonyl (C=O) groups is 2. The number of aliphatic hydroxyl groups is 1. The molecule has 8 nitrogen and oxygen atoms in total. The molecule has 2 unspecified atom stereocenters. The Hall–Kier alpha value is -2.10. The second-order valence-electron chi connectivity index (χ2n) is 7.98. The van der Waals surface area contributed by atoms with E-state index in [1.54, 1.807) is 7.11 Å². The topological polar surface area (TPSA) is 128 Å². The molecule has 0 heterocycles. The fourth-order valence-electron chi connectivity index (χ4n) is 3.61. The number of fused-ring (bicyclic) bond motifs is 1. The van der Waals surface area contributed by atoms with Gasteiger partial charge >= 0.3 is 7.12 Å². The maximum absolute atomic E-state index is 12.7. The van der Waals surface area contributed by atoms with Crippen LogP contribution in [-0.2, 0) is 22.4 Å². The molecular weight excluding hydrogens is 375 g/mol. The molecule has 0 radical (unpaired) electrons. The Morgan fingerprint density at radius 2 is 1.97 bits per heavy atom. The van der Waals surface area contributed by atoms with E-state index in [-0.39, 0.29) is 17.7 Å². The minimum absolute atomic E-state index is 0.130. The number of carbonyl (C=O) groups excluding carboxylic acids is 2. The van der Waals surface area contributed by atoms with E-state index in [4.69, 9.17) is 4.74 Å². The van der Waals surface area contributed by atoms with Crippen LogP contribution in [0.1, 0.15) is 37.8 Å². The summed E-state index contributed by atoms with van der Waals surface area (Å²) in [6.45, 7) is 3.21. The minimum Gasteiger partial charge on any atom is -0.497 e. The van der Waals surface area contributed by atoms with Gasteiger partial charge in [0, 0.05) is 5.92 Å². The predicted octanol–water partition coefficient (Wildman–Crippen LogP) is -0.180. The first-order valence-corrected chi connectivity index (χ1v) is 9.98. The molecule has 1 aliphatic carbocycles. The fourth-order valence-corrected chi connectivity index (χ4v) is 3.61. The maximum Gasteiger partial charge on any atom is 0.475 e. The van der Waals surface area contributed by atoms with E-state index in [2.05, 4.69) is 10.6 Å². The number of ether oxygens (including phenoxy) is 1. The van der Waals surface area contributed by atoms with Crippen LogP contribution in [0.4, 0.5) is 0 Å². The second-order valence-corrected chi connectivity index (χ2v) is 7.98. The molecule has 29 heavy (non-hydrogen) atoms. The summed E-state index contributed by atoms with van der Waals surface area (Å²) in [5, 5.41) is 33.6. The average molecular weight is 406 g/mol. The molecule has 1 aromatic carbocycles. The average Bonchev–Trinajstić information content (AvgIpc) is 2.69. The number of hydrogen-bond donors (Lipinski definition) is 5. The van der Waals surface area contributed by atoms with E-state index in [0.29, 0.717) is 19.3 Å². The number of benzene rings is 1. The first-order valence-electron chi connectivity index (χ1n) is 9.98. The SMILES string of the molecule is COc1ccc2c(c1)CCC(C(=O)N[C@@H](CO)C(=O)NC(CC(C)C)B(O)O)C2. The number of nitrogens with one attached hydrogen (secondary N) is 2. The van der Waals surface area contributed by atoms with Gasteiger partial charge in [-0.1, -0.05) is 19.9 Å². The quantitative estimate of drug-likeness (QED) is 0.362. The summed E-state index contributed by atoms with van der Waals surface area (Å²) in [5.74, 6) is -1.19. The number of rotatable bonds is 9. The third-order valence-electron chi connectivity index (χ3n) is 5.24. The summed E-state index contributed by atoms with van der Waals surface area (Å²) < 4.78 is 5.23. The number of amides is 2. The Morgan fingerprint density at radius 1 is 1.24 bits per heavy atom. The Balaban J connectivity index is 1.97. The lowest BCUT2D eigenvalue weighted by atomic mass is 9.75. The van der Waals surface area contributed by atoms with Gasteiger partial charge in [0.15, 0.2) is 0 Å². The Labute approximate surface area is 171 Å². The molecular formula is C20H31BN2O6. The second kappa shape index (κ2) is 10.6. The lowest BCUT2D eigenvalue weighted by Gasteiger charge is -2.27. The standard InChI is InChI=1S/C20H31BN2O6/c1-12(2)8-18(21(27)28)23-20(26)17(11-24)22-19(25)15-5-4-14-10-16(29-3)7-6-13(14)9-15/h6-7,10,12,15,17-18,24,27-28H,4-5,8-9,11H2,1-3H3,(H,22,25)(H,23,26)/t15?,17-,18?/m0/s1. The highest BCUT2D eigenvalue weighted by atomic mass is 16.5. The van der Waals surface area contributed by atoms with Crippen molar-refractivity contribution in [1.82, 2.24) is 10.6 Å². The zero-order valence-electron chi connectivity index (χ0n) is 17.2. The van der Waals surface area contributed by atoms with Crippen LogP contribution in [0.3, 0.4) is 0 Å². The molecule has 0 aromatic heterocycles. The number of methoxy groups -OCH3 is 1. The van der Waals surface area contributed by atoms with Crippen LogP contribution in [0.5, 0.6) is 5.75 Å². The van der Waals surface area contributed by atoms with Gasteiger partial charge in [-0.05, 0) is 54.9 Å². The largest absolute Gasteiger partial charge is 0.497 e. The van der Waals surface area contributed by atoms with Gasteiger partial charge in [0.1, 0.15) is 11.8 Å². The first kappa shape index (κ1) is 23.2. The lowest BCUT2D eigenvalue weighted by Crippen LogP contribution is -2.56. The van der Waals surface area contributed by atoms with Gasteiger partial charge in [0.25, 0.3) is 0 Å². The van der Waals surface area contributed by atoms with Crippen molar-refractivity contribution in [1.29, 1.82) is 0 Å². The van der Waals surface area contributed by atoms with Crippen LogP contribution >= 0.6 is 0 Å². The molecule has 9 heteroatoms. The van der Waals surface area contributed by atoms with Gasteiger partial charge in [-0.15, -0.1) is 0 Å². The van der Waals surface area contributed by atoms with Gasteiger partial charge in [-0.2, -0.15) is 0 Å². The molecule has 0 fully saturated rings. The fraction of sp³-hybridized carbons (Fsp3) is 0.600. The highest BCUT2D eigenvalue weighted by Gasteiger charge is 2.32. The van der Waals surface area contributed by atoms with Gasteiger partial charge < -0.3 is 30.5 Å². The number of aryl methyl sites for hydroxylation is 1. The van der Waals surface area contributed by atoms with E-state index >= 15 is 0 Å². The van der Waals surface area contributed by atoms with Crippen LogP contribution in [0.2, 0.25) is 0 Å². The maximum atomic E-state index is 12.7. The van der Waals surface area contributed by atoms with Gasteiger partial charge in [-0.3, -0.25) is 9.59 Å². The molecule has 5 N–H and O–H groups in total. The first-order chi connectivity index (χ1) is 13.7. The van der Waals surface area contributed by atoms with Crippen LogP contribution in [0.25, 0.3) is 0 Å². The summed E-state index contributed by atoms with van der Waals surface area (Å²) >= 11 is 0. The van der Waals surface area contributed by atoms with Crippen molar-refractivity contribution < 1.29 is 29.5 Å².